The molecule has 37 heavy (non-hydrogen) atoms. The molecule has 0 heterocycles. The Labute approximate surface area is 222 Å². The first-order valence-corrected chi connectivity index (χ1v) is 14.7. The zero-order valence-electron chi connectivity index (χ0n) is 22.7. The molecule has 0 aromatic heterocycles. The van der Waals surface area contributed by atoms with Crippen LogP contribution in [0.1, 0.15) is 57.1 Å². The molecule has 2 rings (SSSR count). The van der Waals surface area contributed by atoms with Gasteiger partial charge in [0.15, 0.2) is 0 Å². The van der Waals surface area contributed by atoms with Gasteiger partial charge < -0.3 is 15.0 Å². The Balaban J connectivity index is 2.20. The number of rotatable bonds is 15. The van der Waals surface area contributed by atoms with Gasteiger partial charge in [0.2, 0.25) is 21.8 Å². The maximum atomic E-state index is 13.5. The Hall–Kier alpha value is -3.07. The average Bonchev–Trinajstić information content (AvgIpc) is 2.87. The van der Waals surface area contributed by atoms with Crippen LogP contribution in [-0.2, 0) is 26.2 Å². The summed E-state index contributed by atoms with van der Waals surface area (Å²) in [5.41, 5.74) is 2.53. The van der Waals surface area contributed by atoms with E-state index in [-0.39, 0.29) is 24.8 Å². The van der Waals surface area contributed by atoms with E-state index in [1.807, 2.05) is 38.1 Å². The number of methoxy groups -OCH3 is 1. The molecule has 0 radical (unpaired) electrons. The molecule has 0 aliphatic heterocycles. The van der Waals surface area contributed by atoms with Gasteiger partial charge in [0.25, 0.3) is 0 Å². The molecule has 0 unspecified atom stereocenters. The molecule has 0 fully saturated rings. The summed E-state index contributed by atoms with van der Waals surface area (Å²) in [6, 6.07) is 14.0. The molecule has 0 aliphatic carbocycles. The van der Waals surface area contributed by atoms with Crippen molar-refractivity contribution in [3.63, 3.8) is 0 Å². The average molecular weight is 532 g/mol. The standard InChI is InChI=1S/C28H41N3O5S/c1-6-8-19-29-28(33)26(7-2)30(21-23-13-10-9-12-22(23)3)27(32)14-11-20-31(37(5,34)35)24-15-17-25(36-4)18-16-24/h9-10,12-13,15-18,26H,6-8,11,14,19-21H2,1-5H3,(H,29,33)/t26-/m0/s1. The van der Waals surface area contributed by atoms with E-state index in [1.54, 1.807) is 36.3 Å². The zero-order valence-corrected chi connectivity index (χ0v) is 23.5. The van der Waals surface area contributed by atoms with Crippen molar-refractivity contribution >= 4 is 27.5 Å². The van der Waals surface area contributed by atoms with Gasteiger partial charge in [-0.1, -0.05) is 44.5 Å². The van der Waals surface area contributed by atoms with Crippen molar-refractivity contribution in [2.24, 2.45) is 0 Å². The summed E-state index contributed by atoms with van der Waals surface area (Å²) in [7, 11) is -2.01. The molecule has 8 nitrogen and oxygen atoms in total. The van der Waals surface area contributed by atoms with Crippen molar-refractivity contribution in [2.45, 2.75) is 65.5 Å². The Kier molecular flexibility index (Phi) is 11.9. The van der Waals surface area contributed by atoms with Crippen LogP contribution in [-0.4, -0.2) is 57.6 Å². The monoisotopic (exact) mass is 531 g/mol. The van der Waals surface area contributed by atoms with Crippen molar-refractivity contribution in [1.82, 2.24) is 10.2 Å². The van der Waals surface area contributed by atoms with Gasteiger partial charge in [0.1, 0.15) is 11.8 Å². The molecule has 0 bridgehead atoms. The number of nitrogens with zero attached hydrogens (tertiary/aromatic N) is 2. The van der Waals surface area contributed by atoms with Gasteiger partial charge in [-0.2, -0.15) is 0 Å². The first kappa shape index (κ1) is 30.2. The molecule has 1 atom stereocenters. The second-order valence-electron chi connectivity index (χ2n) is 9.15. The summed E-state index contributed by atoms with van der Waals surface area (Å²) >= 11 is 0. The van der Waals surface area contributed by atoms with Gasteiger partial charge in [0, 0.05) is 26.1 Å². The summed E-state index contributed by atoms with van der Waals surface area (Å²) in [4.78, 5) is 28.2. The third-order valence-corrected chi connectivity index (χ3v) is 7.52. The van der Waals surface area contributed by atoms with Crippen molar-refractivity contribution in [3.05, 3.63) is 59.7 Å². The van der Waals surface area contributed by atoms with Crippen LogP contribution in [0.4, 0.5) is 5.69 Å². The Bertz CT molecular complexity index is 1120. The zero-order chi connectivity index (χ0) is 27.4. The Morgan fingerprint density at radius 3 is 2.27 bits per heavy atom. The highest BCUT2D eigenvalue weighted by Gasteiger charge is 2.29. The van der Waals surface area contributed by atoms with E-state index in [0.717, 1.165) is 30.2 Å². The third-order valence-electron chi connectivity index (χ3n) is 6.33. The number of benzene rings is 2. The molecule has 9 heteroatoms. The minimum absolute atomic E-state index is 0.118. The number of carbonyl (C=O) groups is 2. The van der Waals surface area contributed by atoms with E-state index < -0.39 is 16.1 Å². The number of nitrogens with one attached hydrogen (secondary N) is 1. The lowest BCUT2D eigenvalue weighted by Crippen LogP contribution is -2.49. The van der Waals surface area contributed by atoms with Crippen LogP contribution in [0.3, 0.4) is 0 Å². The number of sulfonamides is 1. The molecular weight excluding hydrogens is 490 g/mol. The van der Waals surface area contributed by atoms with Crippen molar-refractivity contribution in [3.8, 4) is 5.75 Å². The highest BCUT2D eigenvalue weighted by atomic mass is 32.2. The Morgan fingerprint density at radius 1 is 1.03 bits per heavy atom. The fourth-order valence-corrected chi connectivity index (χ4v) is 5.11. The Morgan fingerprint density at radius 2 is 1.70 bits per heavy atom. The lowest BCUT2D eigenvalue weighted by Gasteiger charge is -2.31. The molecule has 0 aliphatic rings. The van der Waals surface area contributed by atoms with Gasteiger partial charge in [-0.3, -0.25) is 13.9 Å². The SMILES string of the molecule is CCCCNC(=O)[C@H](CC)N(Cc1ccccc1C)C(=O)CCCN(c1ccc(OC)cc1)S(C)(=O)=O. The number of anilines is 1. The molecular formula is C28H41N3O5S. The summed E-state index contributed by atoms with van der Waals surface area (Å²) in [6.07, 6.45) is 3.91. The predicted molar refractivity (Wildman–Crippen MR) is 148 cm³/mol. The first-order valence-electron chi connectivity index (χ1n) is 12.9. The lowest BCUT2D eigenvalue weighted by molar-refractivity contribution is -0.141. The predicted octanol–water partition coefficient (Wildman–Crippen LogP) is 4.27. The van der Waals surface area contributed by atoms with Crippen LogP contribution in [0.15, 0.2) is 48.5 Å². The number of hydrogen-bond acceptors (Lipinski definition) is 5. The van der Waals surface area contributed by atoms with Crippen LogP contribution in [0.25, 0.3) is 0 Å². The highest BCUT2D eigenvalue weighted by molar-refractivity contribution is 7.92. The van der Waals surface area contributed by atoms with Crippen molar-refractivity contribution < 1.29 is 22.7 Å². The lowest BCUT2D eigenvalue weighted by atomic mass is 10.1. The van der Waals surface area contributed by atoms with Crippen LogP contribution >= 0.6 is 0 Å². The summed E-state index contributed by atoms with van der Waals surface area (Å²) in [6.45, 7) is 6.98. The normalized spacial score (nSPS) is 12.0. The maximum absolute atomic E-state index is 13.5. The highest BCUT2D eigenvalue weighted by Crippen LogP contribution is 2.23. The van der Waals surface area contributed by atoms with Crippen LogP contribution in [0, 0.1) is 6.92 Å². The number of amides is 2. The largest absolute Gasteiger partial charge is 0.497 e. The fraction of sp³-hybridized carbons (Fsp3) is 0.500. The second kappa shape index (κ2) is 14.6. The summed E-state index contributed by atoms with van der Waals surface area (Å²) in [5, 5.41) is 2.96. The van der Waals surface area contributed by atoms with E-state index in [2.05, 4.69) is 12.2 Å². The van der Waals surface area contributed by atoms with Gasteiger partial charge >= 0.3 is 0 Å². The maximum Gasteiger partial charge on any atom is 0.242 e. The fourth-order valence-electron chi connectivity index (χ4n) is 4.15. The van der Waals surface area contributed by atoms with Gasteiger partial charge in [-0.05, 0) is 61.6 Å². The molecule has 1 N–H and O–H groups in total. The number of hydrogen-bond donors (Lipinski definition) is 1. The van der Waals surface area contributed by atoms with Crippen molar-refractivity contribution in [2.75, 3.05) is 30.8 Å². The van der Waals surface area contributed by atoms with Gasteiger partial charge in [-0.25, -0.2) is 8.42 Å². The van der Waals surface area contributed by atoms with E-state index in [9.17, 15) is 18.0 Å². The van der Waals surface area contributed by atoms with Crippen LogP contribution < -0.4 is 14.4 Å². The third kappa shape index (κ3) is 9.07. The van der Waals surface area contributed by atoms with Gasteiger partial charge in [0.05, 0.1) is 19.1 Å². The molecule has 2 amide bonds. The van der Waals surface area contributed by atoms with E-state index in [0.29, 0.717) is 37.4 Å². The summed E-state index contributed by atoms with van der Waals surface area (Å²) in [5.74, 6) is 0.292. The van der Waals surface area contributed by atoms with Crippen LogP contribution in [0.5, 0.6) is 5.75 Å². The molecule has 204 valence electrons. The van der Waals surface area contributed by atoms with Gasteiger partial charge in [-0.15, -0.1) is 0 Å². The molecule has 0 spiro atoms. The smallest absolute Gasteiger partial charge is 0.242 e. The van der Waals surface area contributed by atoms with E-state index in [1.165, 1.54) is 4.31 Å². The molecule has 0 saturated carbocycles. The van der Waals surface area contributed by atoms with Crippen molar-refractivity contribution in [1.29, 1.82) is 0 Å². The van der Waals surface area contributed by atoms with Crippen LogP contribution in [0.2, 0.25) is 0 Å². The number of unbranched alkanes of at least 4 members (excludes halogenated alkanes) is 1. The van der Waals surface area contributed by atoms with E-state index in [4.69, 9.17) is 4.74 Å². The number of ether oxygens (including phenoxy) is 1. The number of carbonyl (C=O) groups excluding carboxylic acids is 2. The molecule has 2 aromatic carbocycles. The molecule has 2 aromatic rings. The van der Waals surface area contributed by atoms with E-state index >= 15 is 0 Å². The first-order chi connectivity index (χ1) is 17.6. The quantitative estimate of drug-likeness (QED) is 0.346. The minimum Gasteiger partial charge on any atom is -0.497 e. The second-order valence-corrected chi connectivity index (χ2v) is 11.1. The minimum atomic E-state index is -3.55. The number of aryl methyl sites for hydroxylation is 1. The molecule has 0 saturated heterocycles. The summed E-state index contributed by atoms with van der Waals surface area (Å²) < 4.78 is 31.4. The topological polar surface area (TPSA) is 96.0 Å².